The van der Waals surface area contributed by atoms with Gasteiger partial charge in [0.05, 0.1) is 17.0 Å². The molecule has 0 aliphatic heterocycles. The van der Waals surface area contributed by atoms with Crippen LogP contribution in [-0.4, -0.2) is 23.2 Å². The minimum Gasteiger partial charge on any atom is -0.462 e. The Balaban J connectivity index is 3.17. The Hall–Kier alpha value is -0.680. The molecule has 5 heteroatoms. The number of ketones is 1. The van der Waals surface area contributed by atoms with Crippen LogP contribution in [0.5, 0.6) is 0 Å². The quantitative estimate of drug-likeness (QED) is 0.446. The van der Waals surface area contributed by atoms with E-state index in [1.807, 2.05) is 0 Å². The Bertz CT molecular complexity index is 456. The largest absolute Gasteiger partial charge is 0.462 e. The van der Waals surface area contributed by atoms with E-state index in [9.17, 15) is 9.59 Å². The number of ether oxygens (including phenoxy) is 1. The zero-order chi connectivity index (χ0) is 13.7. The van der Waals surface area contributed by atoms with Gasteiger partial charge in [-0.1, -0.05) is 31.9 Å². The molecule has 0 heterocycles. The van der Waals surface area contributed by atoms with Crippen LogP contribution in [0.2, 0.25) is 0 Å². The summed E-state index contributed by atoms with van der Waals surface area (Å²) in [5, 5.41) is 0.581. The Morgan fingerprint density at radius 2 is 1.89 bits per heavy atom. The van der Waals surface area contributed by atoms with Crippen molar-refractivity contribution in [3.63, 3.8) is 0 Å². The number of benzene rings is 1. The van der Waals surface area contributed by atoms with Gasteiger partial charge >= 0.3 is 5.97 Å². The molecular weight excluding hydrogens is 364 g/mol. The van der Waals surface area contributed by atoms with Gasteiger partial charge in [0.15, 0.2) is 5.78 Å². The third kappa shape index (κ3) is 3.92. The standard InChI is InChI=1S/C13H14Br2O3/c1-3-18-13(17)11-5-9(7-14)4-10(6-11)12(16)8(2)15/h4-6,8H,3,7H2,1-2H3. The first-order valence-electron chi connectivity index (χ1n) is 5.55. The van der Waals surface area contributed by atoms with Crippen LogP contribution in [0.4, 0.5) is 0 Å². The molecule has 98 valence electrons. The number of hydrogen-bond acceptors (Lipinski definition) is 3. The Kier molecular flexibility index (Phi) is 6.02. The molecule has 0 fully saturated rings. The van der Waals surface area contributed by atoms with E-state index < -0.39 is 5.97 Å². The first kappa shape index (κ1) is 15.4. The van der Waals surface area contributed by atoms with Crippen LogP contribution in [0.3, 0.4) is 0 Å². The summed E-state index contributed by atoms with van der Waals surface area (Å²) in [7, 11) is 0. The molecule has 0 N–H and O–H groups in total. The topological polar surface area (TPSA) is 43.4 Å². The number of rotatable bonds is 5. The van der Waals surface area contributed by atoms with E-state index in [4.69, 9.17) is 4.74 Å². The summed E-state index contributed by atoms with van der Waals surface area (Å²) in [5.41, 5.74) is 1.79. The maximum atomic E-state index is 11.9. The number of carbonyl (C=O) groups is 2. The summed E-state index contributed by atoms with van der Waals surface area (Å²) < 4.78 is 4.95. The lowest BCUT2D eigenvalue weighted by Gasteiger charge is -2.08. The maximum Gasteiger partial charge on any atom is 0.338 e. The molecule has 1 aromatic carbocycles. The summed E-state index contributed by atoms with van der Waals surface area (Å²) in [6.45, 7) is 3.82. The molecule has 3 nitrogen and oxygen atoms in total. The van der Waals surface area contributed by atoms with E-state index >= 15 is 0 Å². The van der Waals surface area contributed by atoms with Crippen molar-refractivity contribution in [2.24, 2.45) is 0 Å². The van der Waals surface area contributed by atoms with Crippen LogP contribution in [-0.2, 0) is 10.1 Å². The number of Topliss-reactive ketones (excluding diaryl/α,β-unsaturated/α-hetero) is 1. The van der Waals surface area contributed by atoms with Gasteiger partial charge in [0.1, 0.15) is 0 Å². The fraction of sp³-hybridized carbons (Fsp3) is 0.385. The highest BCUT2D eigenvalue weighted by Crippen LogP contribution is 2.17. The van der Waals surface area contributed by atoms with Crippen molar-refractivity contribution in [3.05, 3.63) is 34.9 Å². The van der Waals surface area contributed by atoms with E-state index in [1.165, 1.54) is 0 Å². The van der Waals surface area contributed by atoms with Gasteiger partial charge in [-0.05, 0) is 37.6 Å². The molecule has 0 aliphatic rings. The van der Waals surface area contributed by atoms with Crippen molar-refractivity contribution in [1.29, 1.82) is 0 Å². The smallest absolute Gasteiger partial charge is 0.338 e. The minimum atomic E-state index is -0.406. The maximum absolute atomic E-state index is 11.9. The molecule has 18 heavy (non-hydrogen) atoms. The summed E-state index contributed by atoms with van der Waals surface area (Å²) in [6, 6.07) is 5.07. The highest BCUT2D eigenvalue weighted by Gasteiger charge is 2.16. The number of hydrogen-bond donors (Lipinski definition) is 0. The second-order valence-electron chi connectivity index (χ2n) is 3.75. The molecule has 0 aliphatic carbocycles. The van der Waals surface area contributed by atoms with Gasteiger partial charge in [-0.15, -0.1) is 0 Å². The van der Waals surface area contributed by atoms with E-state index in [-0.39, 0.29) is 10.6 Å². The Morgan fingerprint density at radius 3 is 2.39 bits per heavy atom. The number of halogens is 2. The highest BCUT2D eigenvalue weighted by atomic mass is 79.9. The molecular formula is C13H14Br2O3. The zero-order valence-electron chi connectivity index (χ0n) is 10.2. The van der Waals surface area contributed by atoms with Crippen LogP contribution >= 0.6 is 31.9 Å². The second kappa shape index (κ2) is 7.04. The van der Waals surface area contributed by atoms with Crippen LogP contribution in [0.25, 0.3) is 0 Å². The summed E-state index contributed by atoms with van der Waals surface area (Å²) in [6.07, 6.45) is 0. The third-order valence-corrected chi connectivity index (χ3v) is 3.37. The van der Waals surface area contributed by atoms with Crippen molar-refractivity contribution in [1.82, 2.24) is 0 Å². The lowest BCUT2D eigenvalue weighted by Crippen LogP contribution is -2.13. The van der Waals surface area contributed by atoms with Crippen molar-refractivity contribution >= 4 is 43.6 Å². The summed E-state index contributed by atoms with van der Waals surface area (Å²) in [4.78, 5) is 23.3. The predicted octanol–water partition coefficient (Wildman–Crippen LogP) is 3.72. The van der Waals surface area contributed by atoms with Crippen LogP contribution in [0.15, 0.2) is 18.2 Å². The van der Waals surface area contributed by atoms with Crippen molar-refractivity contribution in [3.8, 4) is 0 Å². The molecule has 1 unspecified atom stereocenters. The lowest BCUT2D eigenvalue weighted by atomic mass is 10.0. The van der Waals surface area contributed by atoms with Crippen LogP contribution in [0.1, 0.15) is 40.1 Å². The molecule has 1 rings (SSSR count). The molecule has 1 aromatic rings. The number of alkyl halides is 2. The Labute approximate surface area is 123 Å². The first-order chi connectivity index (χ1) is 8.49. The molecule has 0 saturated heterocycles. The molecule has 0 spiro atoms. The van der Waals surface area contributed by atoms with Gasteiger partial charge in [0.2, 0.25) is 0 Å². The fourth-order valence-corrected chi connectivity index (χ4v) is 2.06. The van der Waals surface area contributed by atoms with Gasteiger partial charge in [0.25, 0.3) is 0 Å². The molecule has 0 amide bonds. The third-order valence-electron chi connectivity index (χ3n) is 2.30. The minimum absolute atomic E-state index is 0.0525. The van der Waals surface area contributed by atoms with Crippen molar-refractivity contribution in [2.75, 3.05) is 6.61 Å². The summed E-state index contributed by atoms with van der Waals surface area (Å²) in [5.74, 6) is -0.458. The fourth-order valence-electron chi connectivity index (χ4n) is 1.47. The van der Waals surface area contributed by atoms with Crippen molar-refractivity contribution < 1.29 is 14.3 Å². The van der Waals surface area contributed by atoms with E-state index in [0.717, 1.165) is 5.56 Å². The zero-order valence-corrected chi connectivity index (χ0v) is 13.4. The van der Waals surface area contributed by atoms with Gasteiger partial charge in [0, 0.05) is 10.9 Å². The SMILES string of the molecule is CCOC(=O)c1cc(CBr)cc(C(=O)C(C)Br)c1. The van der Waals surface area contributed by atoms with Gasteiger partial charge in [-0.3, -0.25) is 4.79 Å². The number of carbonyl (C=O) groups excluding carboxylic acids is 2. The first-order valence-corrected chi connectivity index (χ1v) is 7.58. The highest BCUT2D eigenvalue weighted by molar-refractivity contribution is 9.10. The van der Waals surface area contributed by atoms with Gasteiger partial charge in [-0.2, -0.15) is 0 Å². The van der Waals surface area contributed by atoms with E-state index in [0.29, 0.717) is 23.1 Å². The van der Waals surface area contributed by atoms with Crippen molar-refractivity contribution in [2.45, 2.75) is 24.0 Å². The van der Waals surface area contributed by atoms with Gasteiger partial charge in [-0.25, -0.2) is 4.79 Å². The average Bonchev–Trinajstić information content (AvgIpc) is 2.37. The Morgan fingerprint density at radius 1 is 1.28 bits per heavy atom. The average molecular weight is 378 g/mol. The van der Waals surface area contributed by atoms with E-state index in [1.54, 1.807) is 32.0 Å². The van der Waals surface area contributed by atoms with Gasteiger partial charge < -0.3 is 4.74 Å². The predicted molar refractivity (Wildman–Crippen MR) is 77.7 cm³/mol. The molecule has 0 radical (unpaired) electrons. The van der Waals surface area contributed by atoms with Crippen LogP contribution in [0, 0.1) is 0 Å². The summed E-state index contributed by atoms with van der Waals surface area (Å²) >= 11 is 6.56. The lowest BCUT2D eigenvalue weighted by molar-refractivity contribution is 0.0526. The molecule has 1 atom stereocenters. The molecule has 0 aromatic heterocycles. The second-order valence-corrected chi connectivity index (χ2v) is 5.69. The van der Waals surface area contributed by atoms with Crippen LogP contribution < -0.4 is 0 Å². The number of esters is 1. The molecule has 0 saturated carbocycles. The van der Waals surface area contributed by atoms with E-state index in [2.05, 4.69) is 31.9 Å². The monoisotopic (exact) mass is 376 g/mol. The molecule has 0 bridgehead atoms. The normalized spacial score (nSPS) is 12.0.